The van der Waals surface area contributed by atoms with Crippen molar-refractivity contribution in [1.29, 1.82) is 0 Å². The zero-order valence-electron chi connectivity index (χ0n) is 16.4. The second-order valence-electron chi connectivity index (χ2n) is 8.62. The molecule has 1 aromatic heterocycles. The number of likely N-dealkylation sites (tertiary alicyclic amines) is 1. The van der Waals surface area contributed by atoms with Gasteiger partial charge in [0, 0.05) is 38.2 Å². The summed E-state index contributed by atoms with van der Waals surface area (Å²) in [5, 5.41) is 14.2. The second kappa shape index (κ2) is 6.92. The van der Waals surface area contributed by atoms with Gasteiger partial charge in [0.1, 0.15) is 5.75 Å². The van der Waals surface area contributed by atoms with E-state index in [1.165, 1.54) is 12.8 Å². The smallest absolute Gasteiger partial charge is 0.223 e. The van der Waals surface area contributed by atoms with Crippen LogP contribution in [0.15, 0.2) is 36.7 Å². The summed E-state index contributed by atoms with van der Waals surface area (Å²) < 4.78 is 1.79. The van der Waals surface area contributed by atoms with Crippen LogP contribution in [-0.4, -0.2) is 62.3 Å². The number of hydrogen-bond acceptors (Lipinski definition) is 4. The topological polar surface area (TPSA) is 61.6 Å². The van der Waals surface area contributed by atoms with Crippen molar-refractivity contribution in [3.63, 3.8) is 0 Å². The molecular weight excluding hydrogens is 352 g/mol. The van der Waals surface area contributed by atoms with Gasteiger partial charge in [-0.25, -0.2) is 0 Å². The third kappa shape index (κ3) is 3.00. The first-order valence-electron chi connectivity index (χ1n) is 10.4. The number of phenolic OH excluding ortho intramolecular Hbond substituents is 1. The Hall–Kier alpha value is -2.34. The fourth-order valence-electron chi connectivity index (χ4n) is 5.75. The number of benzene rings is 1. The Morgan fingerprint density at radius 2 is 2.07 bits per heavy atom. The number of hydrogen-bond donors (Lipinski definition) is 1. The summed E-state index contributed by atoms with van der Waals surface area (Å²) in [6.07, 6.45) is 7.51. The number of carbonyl (C=O) groups is 1. The largest absolute Gasteiger partial charge is 0.508 e. The number of rotatable bonds is 4. The van der Waals surface area contributed by atoms with Crippen LogP contribution in [-0.2, 0) is 18.3 Å². The highest BCUT2D eigenvalue weighted by molar-refractivity contribution is 5.77. The van der Waals surface area contributed by atoms with Crippen molar-refractivity contribution in [2.75, 3.05) is 19.6 Å². The van der Waals surface area contributed by atoms with E-state index in [4.69, 9.17) is 0 Å². The predicted molar refractivity (Wildman–Crippen MR) is 106 cm³/mol. The zero-order valence-corrected chi connectivity index (χ0v) is 16.4. The van der Waals surface area contributed by atoms with Crippen LogP contribution in [0.2, 0.25) is 0 Å². The highest BCUT2D eigenvalue weighted by Crippen LogP contribution is 2.47. The van der Waals surface area contributed by atoms with Crippen molar-refractivity contribution in [2.45, 2.75) is 43.7 Å². The summed E-state index contributed by atoms with van der Waals surface area (Å²) in [4.78, 5) is 18.0. The summed E-state index contributed by atoms with van der Waals surface area (Å²) in [6.45, 7) is 3.04. The van der Waals surface area contributed by atoms with Gasteiger partial charge >= 0.3 is 0 Å². The van der Waals surface area contributed by atoms with E-state index in [1.807, 2.05) is 31.6 Å². The maximum atomic E-state index is 13.2. The molecule has 28 heavy (non-hydrogen) atoms. The lowest BCUT2D eigenvalue weighted by Gasteiger charge is -2.51. The predicted octanol–water partition coefficient (Wildman–Crippen LogP) is 2.15. The molecule has 1 amide bonds. The van der Waals surface area contributed by atoms with Crippen molar-refractivity contribution in [2.24, 2.45) is 13.0 Å². The number of piperidine rings is 3. The van der Waals surface area contributed by atoms with Crippen molar-refractivity contribution >= 4 is 5.91 Å². The van der Waals surface area contributed by atoms with E-state index in [-0.39, 0.29) is 11.8 Å². The minimum absolute atomic E-state index is 0.259. The van der Waals surface area contributed by atoms with Crippen molar-refractivity contribution in [1.82, 2.24) is 19.6 Å². The van der Waals surface area contributed by atoms with Gasteiger partial charge in [-0.15, -0.1) is 0 Å². The molecule has 0 aliphatic carbocycles. The molecular formula is C22H28N4O2. The van der Waals surface area contributed by atoms with Crippen LogP contribution in [0.5, 0.6) is 5.75 Å². The van der Waals surface area contributed by atoms with E-state index < -0.39 is 0 Å². The highest BCUT2D eigenvalue weighted by Gasteiger charge is 2.54. The molecule has 3 atom stereocenters. The lowest BCUT2D eigenvalue weighted by Crippen LogP contribution is -2.60. The van der Waals surface area contributed by atoms with Crippen LogP contribution >= 0.6 is 0 Å². The molecule has 0 spiro atoms. The van der Waals surface area contributed by atoms with Crippen molar-refractivity contribution in [3.05, 3.63) is 47.8 Å². The number of aryl methyl sites for hydroxylation is 2. The minimum Gasteiger partial charge on any atom is -0.508 e. The van der Waals surface area contributed by atoms with Gasteiger partial charge in [-0.2, -0.15) is 5.10 Å². The second-order valence-corrected chi connectivity index (χ2v) is 8.62. The molecule has 1 N–H and O–H groups in total. The fraction of sp³-hybridized carbons (Fsp3) is 0.545. The Morgan fingerprint density at radius 3 is 2.79 bits per heavy atom. The molecule has 2 aromatic rings. The Bertz CT molecular complexity index is 871. The van der Waals surface area contributed by atoms with E-state index in [0.717, 1.165) is 37.2 Å². The highest BCUT2D eigenvalue weighted by atomic mass is 16.3. The van der Waals surface area contributed by atoms with Gasteiger partial charge < -0.3 is 10.0 Å². The molecule has 0 saturated carbocycles. The van der Waals surface area contributed by atoms with E-state index >= 15 is 0 Å². The fourth-order valence-corrected chi connectivity index (χ4v) is 5.75. The number of aromatic hydroxyl groups is 1. The molecule has 0 radical (unpaired) electrons. The quantitative estimate of drug-likeness (QED) is 0.883. The van der Waals surface area contributed by atoms with E-state index in [1.54, 1.807) is 10.7 Å². The first-order chi connectivity index (χ1) is 13.6. The van der Waals surface area contributed by atoms with Crippen molar-refractivity contribution in [3.8, 4) is 5.75 Å². The van der Waals surface area contributed by atoms with Crippen LogP contribution in [0.1, 0.15) is 36.3 Å². The Kier molecular flexibility index (Phi) is 4.38. The van der Waals surface area contributed by atoms with E-state index in [0.29, 0.717) is 30.2 Å². The molecule has 6 rings (SSSR count). The van der Waals surface area contributed by atoms with Gasteiger partial charge in [-0.05, 0) is 61.5 Å². The van der Waals surface area contributed by atoms with Crippen LogP contribution in [0.4, 0.5) is 0 Å². The van der Waals surface area contributed by atoms with Gasteiger partial charge in [-0.1, -0.05) is 12.1 Å². The molecule has 4 saturated heterocycles. The monoisotopic (exact) mass is 380 g/mol. The number of nitrogens with zero attached hydrogens (tertiary/aromatic N) is 4. The first-order valence-corrected chi connectivity index (χ1v) is 10.4. The van der Waals surface area contributed by atoms with E-state index in [2.05, 4.69) is 21.0 Å². The van der Waals surface area contributed by atoms with Crippen LogP contribution in [0.3, 0.4) is 0 Å². The average molecular weight is 380 g/mol. The van der Waals surface area contributed by atoms with Gasteiger partial charge in [0.05, 0.1) is 12.2 Å². The Labute approximate surface area is 165 Å². The van der Waals surface area contributed by atoms with Gasteiger partial charge in [0.2, 0.25) is 5.91 Å². The standard InChI is InChI=1S/C22H28N4O2/c1-24-13-15(12-23-24)5-6-20(28)26-14-19(17-3-2-4-18(27)11-17)22-21(26)16-7-9-25(22)10-8-16/h2-4,11-13,16,19,21-22,27H,5-10,14H2,1H3/t19-,21+,22+/m1/s1. The summed E-state index contributed by atoms with van der Waals surface area (Å²) in [5.41, 5.74) is 2.27. The summed E-state index contributed by atoms with van der Waals surface area (Å²) in [7, 11) is 1.91. The molecule has 4 aliphatic heterocycles. The number of carbonyl (C=O) groups excluding carboxylic acids is 1. The van der Waals surface area contributed by atoms with Crippen LogP contribution in [0.25, 0.3) is 0 Å². The normalized spacial score (nSPS) is 31.2. The molecule has 5 heterocycles. The summed E-state index contributed by atoms with van der Waals surface area (Å²) in [6, 6.07) is 8.33. The number of phenols is 1. The Morgan fingerprint density at radius 1 is 1.25 bits per heavy atom. The molecule has 4 aliphatic rings. The lowest BCUT2D eigenvalue weighted by atomic mass is 9.75. The molecule has 1 aromatic carbocycles. The van der Waals surface area contributed by atoms with Crippen LogP contribution < -0.4 is 0 Å². The SMILES string of the molecule is Cn1cc(CCC(=O)N2C[C@H](c3cccc(O)c3)[C@H]3[C@@H]2C2CCN3CC2)cn1. The molecule has 4 fully saturated rings. The lowest BCUT2D eigenvalue weighted by molar-refractivity contribution is -0.135. The number of aromatic nitrogens is 2. The maximum Gasteiger partial charge on any atom is 0.223 e. The van der Waals surface area contributed by atoms with E-state index in [9.17, 15) is 9.90 Å². The third-order valence-electron chi connectivity index (χ3n) is 7.00. The van der Waals surface area contributed by atoms with Gasteiger partial charge in [0.15, 0.2) is 0 Å². The summed E-state index contributed by atoms with van der Waals surface area (Å²) >= 11 is 0. The van der Waals surface area contributed by atoms with Crippen molar-refractivity contribution < 1.29 is 9.90 Å². The molecule has 148 valence electrons. The first kappa shape index (κ1) is 17.7. The molecule has 6 nitrogen and oxygen atoms in total. The molecule has 6 heteroatoms. The maximum absolute atomic E-state index is 13.2. The molecule has 2 bridgehead atoms. The minimum atomic E-state index is 0.259. The van der Waals surface area contributed by atoms with Gasteiger partial charge in [-0.3, -0.25) is 14.4 Å². The number of fused-ring (bicyclic) bond motifs is 2. The van der Waals surface area contributed by atoms with Crippen LogP contribution in [0, 0.1) is 5.92 Å². The molecule has 0 unspecified atom stereocenters. The summed E-state index contributed by atoms with van der Waals surface area (Å²) in [5.74, 6) is 1.46. The van der Waals surface area contributed by atoms with Gasteiger partial charge in [0.25, 0.3) is 0 Å². The Balaban J connectivity index is 1.39. The third-order valence-corrected chi connectivity index (χ3v) is 7.00. The average Bonchev–Trinajstić information content (AvgIpc) is 3.32. The zero-order chi connectivity index (χ0) is 19.3. The number of amides is 1.